The molecule has 2 rings (SSSR count). The van der Waals surface area contributed by atoms with E-state index in [9.17, 15) is 18.0 Å². The highest BCUT2D eigenvalue weighted by Crippen LogP contribution is 2.21. The van der Waals surface area contributed by atoms with Gasteiger partial charge in [0.2, 0.25) is 0 Å². The quantitative estimate of drug-likeness (QED) is 0.376. The van der Waals surface area contributed by atoms with Crippen LogP contribution in [0.15, 0.2) is 59.5 Å². The van der Waals surface area contributed by atoms with Crippen LogP contribution < -0.4 is 0 Å². The number of esters is 2. The first kappa shape index (κ1) is 25.0. The maximum absolute atomic E-state index is 13.5. The van der Waals surface area contributed by atoms with E-state index in [0.717, 1.165) is 12.7 Å². The topological polar surface area (TPSA) is 90.0 Å². The molecule has 0 amide bonds. The van der Waals surface area contributed by atoms with Crippen molar-refractivity contribution >= 4 is 22.0 Å². The van der Waals surface area contributed by atoms with Crippen LogP contribution in [0, 0.1) is 18.9 Å². The maximum atomic E-state index is 13.5. The first-order valence-corrected chi connectivity index (χ1v) is 11.4. The first-order valence-electron chi connectivity index (χ1n) is 9.91. The zero-order valence-corrected chi connectivity index (χ0v) is 19.6. The predicted molar refractivity (Wildman–Crippen MR) is 120 cm³/mol. The van der Waals surface area contributed by atoms with Gasteiger partial charge in [0, 0.05) is 18.4 Å². The summed E-state index contributed by atoms with van der Waals surface area (Å²) in [5.74, 6) is 0.485. The van der Waals surface area contributed by atoms with Gasteiger partial charge in [-0.05, 0) is 45.4 Å². The van der Waals surface area contributed by atoms with Crippen molar-refractivity contribution in [2.24, 2.45) is 0 Å². The first-order chi connectivity index (χ1) is 14.9. The number of hydrogen-bond acceptors (Lipinski definition) is 6. The van der Waals surface area contributed by atoms with Crippen molar-refractivity contribution in [2.45, 2.75) is 50.7 Å². The molecule has 0 N–H and O–H groups in total. The lowest BCUT2D eigenvalue weighted by atomic mass is 10.1. The lowest BCUT2D eigenvalue weighted by Gasteiger charge is -2.26. The molecule has 0 heterocycles. The molecule has 0 aliphatic carbocycles. The van der Waals surface area contributed by atoms with Crippen LogP contribution in [0.3, 0.4) is 0 Å². The molecule has 0 bridgehead atoms. The van der Waals surface area contributed by atoms with E-state index in [4.69, 9.17) is 9.47 Å². The van der Waals surface area contributed by atoms with E-state index in [1.807, 2.05) is 6.92 Å². The van der Waals surface area contributed by atoms with Crippen LogP contribution in [-0.4, -0.2) is 43.4 Å². The Morgan fingerprint density at radius 2 is 1.62 bits per heavy atom. The molecule has 0 saturated heterocycles. The molecular weight excluding hydrogens is 430 g/mol. The molecule has 170 valence electrons. The molecule has 2 aromatic carbocycles. The lowest BCUT2D eigenvalue weighted by Crippen LogP contribution is -2.44. The van der Waals surface area contributed by atoms with Gasteiger partial charge in [-0.3, -0.25) is 0 Å². The molecule has 2 aromatic rings. The van der Waals surface area contributed by atoms with Gasteiger partial charge < -0.3 is 9.47 Å². The Balaban J connectivity index is 2.57. The van der Waals surface area contributed by atoms with Gasteiger partial charge in [-0.2, -0.15) is 0 Å². The molecular formula is C24H27NO6S. The second-order valence-electron chi connectivity index (χ2n) is 8.08. The number of methoxy groups -OCH3 is 1. The number of rotatable bonds is 6. The van der Waals surface area contributed by atoms with Gasteiger partial charge >= 0.3 is 11.9 Å². The number of sulfonamides is 1. The molecule has 0 saturated carbocycles. The minimum Gasteiger partial charge on any atom is -0.467 e. The van der Waals surface area contributed by atoms with Crippen LogP contribution in [-0.2, 0) is 35.5 Å². The van der Waals surface area contributed by atoms with Crippen molar-refractivity contribution in [1.29, 1.82) is 0 Å². The highest BCUT2D eigenvalue weighted by Gasteiger charge is 2.35. The Morgan fingerprint density at radius 3 is 2.16 bits per heavy atom. The zero-order valence-electron chi connectivity index (χ0n) is 18.8. The zero-order chi connectivity index (χ0) is 23.9. The SMILES string of the molecule is COC(=O)C(Cc1ccccc1)N(C#CC(=O)OC(C)(C)C)S(=O)(=O)c1ccc(C)cc1. The van der Waals surface area contributed by atoms with Crippen molar-refractivity contribution in [3.05, 3.63) is 65.7 Å². The van der Waals surface area contributed by atoms with Gasteiger partial charge in [-0.15, -0.1) is 0 Å². The van der Waals surface area contributed by atoms with Crippen LogP contribution in [0.1, 0.15) is 31.9 Å². The Bertz CT molecular complexity index is 1110. The van der Waals surface area contributed by atoms with Crippen molar-refractivity contribution in [3.63, 3.8) is 0 Å². The fraction of sp³-hybridized carbons (Fsp3) is 0.333. The van der Waals surface area contributed by atoms with Crippen LogP contribution in [0.5, 0.6) is 0 Å². The molecule has 1 atom stereocenters. The number of carbonyl (C=O) groups is 2. The van der Waals surface area contributed by atoms with Gasteiger partial charge in [0.05, 0.1) is 12.0 Å². The Hall–Kier alpha value is -3.31. The van der Waals surface area contributed by atoms with E-state index in [1.165, 1.54) is 12.1 Å². The summed E-state index contributed by atoms with van der Waals surface area (Å²) < 4.78 is 37.6. The summed E-state index contributed by atoms with van der Waals surface area (Å²) >= 11 is 0. The second kappa shape index (κ2) is 10.3. The Morgan fingerprint density at radius 1 is 1.03 bits per heavy atom. The number of nitrogens with zero attached hydrogens (tertiary/aromatic N) is 1. The molecule has 7 nitrogen and oxygen atoms in total. The third-order valence-corrected chi connectivity index (χ3v) is 6.00. The lowest BCUT2D eigenvalue weighted by molar-refractivity contribution is -0.147. The standard InChI is InChI=1S/C24H27NO6S/c1-18-11-13-20(14-12-18)32(28,29)25(16-15-22(26)31-24(2,3)4)21(23(27)30-5)17-19-9-7-6-8-10-19/h6-14,21H,17H2,1-5H3. The number of aryl methyl sites for hydroxylation is 1. The van der Waals surface area contributed by atoms with Crippen molar-refractivity contribution < 1.29 is 27.5 Å². The van der Waals surface area contributed by atoms with Gasteiger partial charge in [0.15, 0.2) is 6.04 Å². The average molecular weight is 458 g/mol. The highest BCUT2D eigenvalue weighted by atomic mass is 32.2. The summed E-state index contributed by atoms with van der Waals surface area (Å²) in [5.41, 5.74) is 0.758. The summed E-state index contributed by atoms with van der Waals surface area (Å²) in [6, 6.07) is 16.0. The molecule has 0 fully saturated rings. The second-order valence-corrected chi connectivity index (χ2v) is 9.90. The average Bonchev–Trinajstić information content (AvgIpc) is 2.72. The van der Waals surface area contributed by atoms with Crippen LogP contribution in [0.25, 0.3) is 0 Å². The molecule has 0 radical (unpaired) electrons. The van der Waals surface area contributed by atoms with Crippen molar-refractivity contribution in [1.82, 2.24) is 4.31 Å². The van der Waals surface area contributed by atoms with Gasteiger partial charge in [-0.1, -0.05) is 48.0 Å². The fourth-order valence-corrected chi connectivity index (χ4v) is 4.14. The summed E-state index contributed by atoms with van der Waals surface area (Å²) in [5, 5.41) is 0. The van der Waals surface area contributed by atoms with Gasteiger partial charge in [0.1, 0.15) is 5.60 Å². The van der Waals surface area contributed by atoms with Crippen LogP contribution in [0.2, 0.25) is 0 Å². The monoisotopic (exact) mass is 457 g/mol. The normalized spacial score (nSPS) is 12.2. The van der Waals surface area contributed by atoms with E-state index in [0.29, 0.717) is 9.87 Å². The van der Waals surface area contributed by atoms with E-state index in [-0.39, 0.29) is 11.3 Å². The van der Waals surface area contributed by atoms with Gasteiger partial charge in [-0.25, -0.2) is 22.3 Å². The predicted octanol–water partition coefficient (Wildman–Crippen LogP) is 3.07. The number of carbonyl (C=O) groups excluding carboxylic acids is 2. The molecule has 0 spiro atoms. The maximum Gasteiger partial charge on any atom is 0.386 e. The van der Waals surface area contributed by atoms with E-state index in [1.54, 1.807) is 63.2 Å². The smallest absolute Gasteiger partial charge is 0.386 e. The largest absolute Gasteiger partial charge is 0.467 e. The third-order valence-electron chi connectivity index (χ3n) is 4.27. The van der Waals surface area contributed by atoms with Gasteiger partial charge in [0.25, 0.3) is 10.0 Å². The van der Waals surface area contributed by atoms with E-state index >= 15 is 0 Å². The minimum atomic E-state index is -4.28. The van der Waals surface area contributed by atoms with Crippen molar-refractivity contribution in [2.75, 3.05) is 7.11 Å². The fourth-order valence-electron chi connectivity index (χ4n) is 2.77. The number of benzene rings is 2. The van der Waals surface area contributed by atoms with Crippen molar-refractivity contribution in [3.8, 4) is 12.0 Å². The molecule has 1 unspecified atom stereocenters. The molecule has 32 heavy (non-hydrogen) atoms. The molecule has 0 aliphatic rings. The van der Waals surface area contributed by atoms with E-state index < -0.39 is 33.6 Å². The van der Waals surface area contributed by atoms with E-state index in [2.05, 4.69) is 12.0 Å². The third kappa shape index (κ3) is 6.86. The Labute approximate surface area is 189 Å². The number of ether oxygens (including phenoxy) is 2. The summed E-state index contributed by atoms with van der Waals surface area (Å²) in [6.07, 6.45) is 0.00159. The Kier molecular flexibility index (Phi) is 8.06. The molecule has 8 heteroatoms. The highest BCUT2D eigenvalue weighted by molar-refractivity contribution is 7.89. The minimum absolute atomic E-state index is 0.00159. The summed E-state index contributed by atoms with van der Waals surface area (Å²) in [7, 11) is -3.12. The summed E-state index contributed by atoms with van der Waals surface area (Å²) in [4.78, 5) is 24.7. The molecule has 0 aliphatic heterocycles. The van der Waals surface area contributed by atoms with Crippen LogP contribution in [0.4, 0.5) is 0 Å². The molecule has 0 aromatic heterocycles. The van der Waals surface area contributed by atoms with Crippen LogP contribution >= 0.6 is 0 Å². The number of hydrogen-bond donors (Lipinski definition) is 0. The summed E-state index contributed by atoms with van der Waals surface area (Å²) in [6.45, 7) is 6.82.